The van der Waals surface area contributed by atoms with Gasteiger partial charge in [0, 0.05) is 33.7 Å². The summed E-state index contributed by atoms with van der Waals surface area (Å²) in [5.74, 6) is -0.322. The molecule has 7 heteroatoms. The first kappa shape index (κ1) is 20.8. The zero-order valence-electron chi connectivity index (χ0n) is 16.6. The molecule has 1 aliphatic heterocycles. The lowest BCUT2D eigenvalue weighted by Crippen LogP contribution is -2.48. The van der Waals surface area contributed by atoms with Gasteiger partial charge in [-0.05, 0) is 42.0 Å². The zero-order chi connectivity index (χ0) is 20.1. The maximum absolute atomic E-state index is 12.5. The minimum Gasteiger partial charge on any atom is -0.356 e. The maximum atomic E-state index is 12.5. The molecule has 3 rings (SSSR count). The number of rotatable bonds is 7. The third kappa shape index (κ3) is 4.71. The smallest absolute Gasteiger partial charge is 0.281 e. The number of amides is 1. The van der Waals surface area contributed by atoms with Crippen LogP contribution in [0.5, 0.6) is 0 Å². The number of hydrogen-bond acceptors (Lipinski definition) is 3. The molecule has 0 spiro atoms. The molecule has 0 aliphatic carbocycles. The second-order valence-corrected chi connectivity index (χ2v) is 9.66. The normalized spacial score (nSPS) is 18.5. The topological polar surface area (TPSA) is 69.7 Å². The number of nitrogens with one attached hydrogen (secondary N) is 1. The van der Waals surface area contributed by atoms with E-state index < -0.39 is 10.2 Å². The molecule has 1 amide bonds. The molecule has 2 aromatic carbocycles. The summed E-state index contributed by atoms with van der Waals surface area (Å²) in [5.41, 5.74) is 1.29. The third-order valence-corrected chi connectivity index (χ3v) is 7.25. The Kier molecular flexibility index (Phi) is 6.69. The van der Waals surface area contributed by atoms with Crippen LogP contribution in [0.15, 0.2) is 42.5 Å². The van der Waals surface area contributed by atoms with Crippen LogP contribution in [0.1, 0.15) is 24.8 Å². The number of nitrogens with zero attached hydrogens (tertiary/aromatic N) is 2. The Labute approximate surface area is 167 Å². The van der Waals surface area contributed by atoms with E-state index in [-0.39, 0.29) is 18.4 Å². The molecule has 6 nitrogen and oxygen atoms in total. The summed E-state index contributed by atoms with van der Waals surface area (Å²) < 4.78 is 27.2. The van der Waals surface area contributed by atoms with E-state index in [0.717, 1.165) is 19.3 Å². The van der Waals surface area contributed by atoms with Crippen LogP contribution in [-0.4, -0.2) is 56.7 Å². The molecule has 1 fully saturated rings. The minimum absolute atomic E-state index is 0.0448. The molecule has 1 atom stereocenters. The Morgan fingerprint density at radius 1 is 1.18 bits per heavy atom. The summed E-state index contributed by atoms with van der Waals surface area (Å²) in [6.07, 6.45) is 3.19. The number of piperidine rings is 1. The van der Waals surface area contributed by atoms with Gasteiger partial charge in [-0.25, -0.2) is 0 Å². The van der Waals surface area contributed by atoms with Crippen molar-refractivity contribution in [1.82, 2.24) is 13.9 Å². The number of benzene rings is 2. The van der Waals surface area contributed by atoms with Gasteiger partial charge in [0.15, 0.2) is 0 Å². The molecular formula is C21H29N3O3S. The molecule has 0 bridgehead atoms. The van der Waals surface area contributed by atoms with Crippen molar-refractivity contribution >= 4 is 26.9 Å². The van der Waals surface area contributed by atoms with Crippen LogP contribution < -0.4 is 5.32 Å². The molecule has 0 unspecified atom stereocenters. The van der Waals surface area contributed by atoms with Crippen LogP contribution >= 0.6 is 0 Å². The molecule has 1 N–H and O–H groups in total. The van der Waals surface area contributed by atoms with Gasteiger partial charge in [-0.2, -0.15) is 17.0 Å². The lowest BCUT2D eigenvalue weighted by molar-refractivity contribution is -0.126. The highest BCUT2D eigenvalue weighted by molar-refractivity contribution is 7.86. The molecule has 1 aliphatic rings. The zero-order valence-corrected chi connectivity index (χ0v) is 17.4. The average molecular weight is 404 g/mol. The van der Waals surface area contributed by atoms with E-state index in [1.807, 2.05) is 12.1 Å². The lowest BCUT2D eigenvalue weighted by Gasteiger charge is -2.32. The van der Waals surface area contributed by atoms with Gasteiger partial charge in [0.1, 0.15) is 0 Å². The van der Waals surface area contributed by atoms with Gasteiger partial charge in [-0.3, -0.25) is 4.79 Å². The number of carbonyl (C=O) groups excluding carboxylic acids is 1. The summed E-state index contributed by atoms with van der Waals surface area (Å²) in [5, 5.41) is 5.49. The van der Waals surface area contributed by atoms with Crippen LogP contribution in [0.25, 0.3) is 10.8 Å². The van der Waals surface area contributed by atoms with Crippen molar-refractivity contribution in [3.05, 3.63) is 48.0 Å². The van der Waals surface area contributed by atoms with Crippen LogP contribution in [0, 0.1) is 5.92 Å². The van der Waals surface area contributed by atoms with Crippen molar-refractivity contribution in [1.29, 1.82) is 0 Å². The van der Waals surface area contributed by atoms with Crippen LogP contribution in [0.4, 0.5) is 0 Å². The quantitative estimate of drug-likeness (QED) is 0.722. The first-order valence-corrected chi connectivity index (χ1v) is 11.2. The average Bonchev–Trinajstić information content (AvgIpc) is 2.71. The van der Waals surface area contributed by atoms with Crippen molar-refractivity contribution in [3.8, 4) is 0 Å². The third-order valence-electron chi connectivity index (χ3n) is 5.34. The van der Waals surface area contributed by atoms with Crippen molar-refractivity contribution < 1.29 is 13.2 Å². The highest BCUT2D eigenvalue weighted by Gasteiger charge is 2.33. The molecule has 0 saturated carbocycles. The van der Waals surface area contributed by atoms with E-state index in [4.69, 9.17) is 0 Å². The van der Waals surface area contributed by atoms with Gasteiger partial charge in [-0.1, -0.05) is 42.5 Å². The van der Waals surface area contributed by atoms with Gasteiger partial charge in [0.2, 0.25) is 5.91 Å². The lowest BCUT2D eigenvalue weighted by atomic mass is 9.98. The molecule has 0 radical (unpaired) electrons. The van der Waals surface area contributed by atoms with Crippen molar-refractivity contribution in [2.75, 3.05) is 33.7 Å². The van der Waals surface area contributed by atoms with Crippen LogP contribution in [0.2, 0.25) is 0 Å². The fourth-order valence-electron chi connectivity index (χ4n) is 3.74. The summed E-state index contributed by atoms with van der Waals surface area (Å²) in [6.45, 7) is 1.33. The standard InChI is InChI=1S/C21H29N3O3S/c1-23(2)28(26,27)24-15-7-12-19(16-24)21(25)22-14-6-11-18-10-5-9-17-8-3-4-13-20(17)18/h3-5,8-10,13,19H,6-7,11-12,14-16H2,1-2H3,(H,22,25)/t19-/m1/s1. The van der Waals surface area contributed by atoms with Crippen molar-refractivity contribution in [2.24, 2.45) is 5.92 Å². The summed E-state index contributed by atoms with van der Waals surface area (Å²) >= 11 is 0. The Bertz CT molecular complexity index is 922. The molecule has 2 aromatic rings. The minimum atomic E-state index is -3.46. The maximum Gasteiger partial charge on any atom is 0.281 e. The highest BCUT2D eigenvalue weighted by atomic mass is 32.2. The van der Waals surface area contributed by atoms with Crippen LogP contribution in [-0.2, 0) is 21.4 Å². The summed E-state index contributed by atoms with van der Waals surface area (Å²) in [7, 11) is -0.421. The summed E-state index contributed by atoms with van der Waals surface area (Å²) in [6, 6.07) is 14.6. The van der Waals surface area contributed by atoms with E-state index in [1.165, 1.54) is 39.0 Å². The van der Waals surface area contributed by atoms with Gasteiger partial charge < -0.3 is 5.32 Å². The molecule has 1 heterocycles. The first-order valence-electron chi connectivity index (χ1n) is 9.81. The van der Waals surface area contributed by atoms with E-state index in [2.05, 4.69) is 35.6 Å². The van der Waals surface area contributed by atoms with Crippen molar-refractivity contribution in [3.63, 3.8) is 0 Å². The van der Waals surface area contributed by atoms with E-state index in [1.54, 1.807) is 0 Å². The Hall–Kier alpha value is -1.96. The second kappa shape index (κ2) is 9.03. The highest BCUT2D eigenvalue weighted by Crippen LogP contribution is 2.21. The molecular weight excluding hydrogens is 374 g/mol. The number of hydrogen-bond donors (Lipinski definition) is 1. The Morgan fingerprint density at radius 2 is 1.93 bits per heavy atom. The van der Waals surface area contributed by atoms with Crippen molar-refractivity contribution in [2.45, 2.75) is 25.7 Å². The van der Waals surface area contributed by atoms with Gasteiger partial charge in [0.25, 0.3) is 10.2 Å². The molecule has 1 saturated heterocycles. The predicted octanol–water partition coefficient (Wildman–Crippen LogP) is 2.41. The first-order chi connectivity index (χ1) is 13.4. The van der Waals surface area contributed by atoms with E-state index in [0.29, 0.717) is 19.5 Å². The van der Waals surface area contributed by atoms with E-state index >= 15 is 0 Å². The number of carbonyl (C=O) groups is 1. The Balaban J connectivity index is 1.50. The number of fused-ring (bicyclic) bond motifs is 1. The largest absolute Gasteiger partial charge is 0.356 e. The fraction of sp³-hybridized carbons (Fsp3) is 0.476. The Morgan fingerprint density at radius 3 is 2.71 bits per heavy atom. The fourth-order valence-corrected chi connectivity index (χ4v) is 4.93. The number of aryl methyl sites for hydroxylation is 1. The second-order valence-electron chi connectivity index (χ2n) is 7.52. The molecule has 152 valence electrons. The molecule has 0 aromatic heterocycles. The SMILES string of the molecule is CN(C)S(=O)(=O)N1CCC[C@@H](C(=O)NCCCc2cccc3ccccc23)C1. The van der Waals surface area contributed by atoms with Crippen LogP contribution in [0.3, 0.4) is 0 Å². The predicted molar refractivity (Wildman–Crippen MR) is 112 cm³/mol. The van der Waals surface area contributed by atoms with Gasteiger partial charge >= 0.3 is 0 Å². The molecule has 28 heavy (non-hydrogen) atoms. The monoisotopic (exact) mass is 403 g/mol. The van der Waals surface area contributed by atoms with Gasteiger partial charge in [-0.15, -0.1) is 0 Å². The summed E-state index contributed by atoms with van der Waals surface area (Å²) in [4.78, 5) is 12.5. The van der Waals surface area contributed by atoms with Gasteiger partial charge in [0.05, 0.1) is 5.92 Å². The van der Waals surface area contributed by atoms with E-state index in [9.17, 15) is 13.2 Å².